The van der Waals surface area contributed by atoms with E-state index in [1.54, 1.807) is 0 Å². The van der Waals surface area contributed by atoms with Crippen LogP contribution in [0, 0.1) is 0 Å². The summed E-state index contributed by atoms with van der Waals surface area (Å²) in [7, 11) is -1.06. The minimum absolute atomic E-state index is 0.0356. The van der Waals surface area contributed by atoms with Gasteiger partial charge in [-0.15, -0.1) is 0 Å². The van der Waals surface area contributed by atoms with E-state index in [1.165, 1.54) is 0 Å². The van der Waals surface area contributed by atoms with E-state index in [1.807, 2.05) is 30.3 Å². The van der Waals surface area contributed by atoms with Gasteiger partial charge in [0.2, 0.25) is 0 Å². The highest BCUT2D eigenvalue weighted by atomic mass is 32.2. The second-order valence-corrected chi connectivity index (χ2v) is 5.20. The van der Waals surface area contributed by atoms with E-state index in [9.17, 15) is 9.00 Å². The van der Waals surface area contributed by atoms with Crippen molar-refractivity contribution in [1.29, 1.82) is 0 Å². The Bertz CT molecular complexity index is 364. The van der Waals surface area contributed by atoms with Crippen LogP contribution >= 0.6 is 0 Å². The van der Waals surface area contributed by atoms with Crippen LogP contribution in [0.5, 0.6) is 5.75 Å². The van der Waals surface area contributed by atoms with Gasteiger partial charge in [-0.25, -0.2) is 0 Å². The highest BCUT2D eigenvalue weighted by Crippen LogP contribution is 2.08. The summed E-state index contributed by atoms with van der Waals surface area (Å²) in [4.78, 5) is 10.3. The topological polar surface area (TPSA) is 63.6 Å². The van der Waals surface area contributed by atoms with E-state index < -0.39 is 16.8 Å². The van der Waals surface area contributed by atoms with Crippen molar-refractivity contribution in [3.05, 3.63) is 30.3 Å². The molecule has 0 aliphatic rings. The molecular formula is C12H16O4S. The Morgan fingerprint density at radius 1 is 1.24 bits per heavy atom. The average Bonchev–Trinajstić information content (AvgIpc) is 2.33. The summed E-state index contributed by atoms with van der Waals surface area (Å²) in [6, 6.07) is 9.41. The van der Waals surface area contributed by atoms with E-state index in [-0.39, 0.29) is 12.2 Å². The smallest absolute Gasteiger partial charge is 0.304 e. The van der Waals surface area contributed by atoms with Crippen molar-refractivity contribution in [2.45, 2.75) is 12.8 Å². The zero-order chi connectivity index (χ0) is 12.5. The largest absolute Gasteiger partial charge is 0.494 e. The van der Waals surface area contributed by atoms with Crippen LogP contribution in [-0.4, -0.2) is 33.4 Å². The molecule has 1 atom stereocenters. The number of aliphatic carboxylic acids is 1. The molecule has 0 spiro atoms. The van der Waals surface area contributed by atoms with Gasteiger partial charge < -0.3 is 9.84 Å². The van der Waals surface area contributed by atoms with Gasteiger partial charge in [-0.3, -0.25) is 9.00 Å². The zero-order valence-corrected chi connectivity index (χ0v) is 10.3. The molecule has 1 unspecified atom stereocenters. The molecule has 1 aromatic carbocycles. The fourth-order valence-electron chi connectivity index (χ4n) is 1.23. The molecule has 5 heteroatoms. The van der Waals surface area contributed by atoms with Crippen LogP contribution < -0.4 is 4.74 Å². The van der Waals surface area contributed by atoms with Gasteiger partial charge in [-0.2, -0.15) is 0 Å². The molecule has 1 rings (SSSR count). The monoisotopic (exact) mass is 256 g/mol. The van der Waals surface area contributed by atoms with Crippen molar-refractivity contribution < 1.29 is 18.8 Å². The lowest BCUT2D eigenvalue weighted by atomic mass is 10.3. The van der Waals surface area contributed by atoms with Gasteiger partial charge in [0.25, 0.3) is 0 Å². The molecule has 94 valence electrons. The molecule has 0 fully saturated rings. The highest BCUT2D eigenvalue weighted by Gasteiger charge is 2.03. The van der Waals surface area contributed by atoms with Crippen LogP contribution in [0.1, 0.15) is 12.8 Å². The SMILES string of the molecule is O=C(O)CCS(=O)CCCOc1ccccc1. The first-order valence-corrected chi connectivity index (χ1v) is 6.92. The Labute approximate surface area is 103 Å². The molecule has 1 aromatic rings. The summed E-state index contributed by atoms with van der Waals surface area (Å²) in [6.07, 6.45) is 0.632. The van der Waals surface area contributed by atoms with Crippen LogP contribution in [0.15, 0.2) is 30.3 Å². The quantitative estimate of drug-likeness (QED) is 0.719. The molecule has 0 aromatic heterocycles. The van der Waals surface area contributed by atoms with Crippen molar-refractivity contribution in [3.8, 4) is 5.75 Å². The van der Waals surface area contributed by atoms with Crippen LogP contribution in [-0.2, 0) is 15.6 Å². The highest BCUT2D eigenvalue weighted by molar-refractivity contribution is 7.84. The zero-order valence-electron chi connectivity index (χ0n) is 9.50. The maximum atomic E-state index is 11.4. The third kappa shape index (κ3) is 6.73. The van der Waals surface area contributed by atoms with Gasteiger partial charge in [-0.1, -0.05) is 18.2 Å². The molecule has 17 heavy (non-hydrogen) atoms. The summed E-state index contributed by atoms with van der Waals surface area (Å²) in [5, 5.41) is 8.42. The van der Waals surface area contributed by atoms with Crippen molar-refractivity contribution in [2.75, 3.05) is 18.1 Å². The van der Waals surface area contributed by atoms with E-state index in [0.29, 0.717) is 18.8 Å². The lowest BCUT2D eigenvalue weighted by Crippen LogP contribution is -2.10. The third-order valence-electron chi connectivity index (χ3n) is 2.07. The molecule has 0 heterocycles. The van der Waals surface area contributed by atoms with Gasteiger partial charge in [0.1, 0.15) is 5.75 Å². The summed E-state index contributed by atoms with van der Waals surface area (Å²) >= 11 is 0. The van der Waals surface area contributed by atoms with Crippen molar-refractivity contribution in [1.82, 2.24) is 0 Å². The Morgan fingerprint density at radius 3 is 2.59 bits per heavy atom. The second kappa shape index (κ2) is 7.84. The van der Waals surface area contributed by atoms with E-state index >= 15 is 0 Å². The molecular weight excluding hydrogens is 240 g/mol. The van der Waals surface area contributed by atoms with Crippen molar-refractivity contribution in [2.24, 2.45) is 0 Å². The number of carboxylic acids is 1. The average molecular weight is 256 g/mol. The number of carbonyl (C=O) groups is 1. The Morgan fingerprint density at radius 2 is 1.94 bits per heavy atom. The Balaban J connectivity index is 2.08. The predicted molar refractivity (Wildman–Crippen MR) is 66.7 cm³/mol. The second-order valence-electron chi connectivity index (χ2n) is 3.51. The third-order valence-corrected chi connectivity index (χ3v) is 3.48. The summed E-state index contributed by atoms with van der Waals surface area (Å²) in [6.45, 7) is 0.503. The predicted octanol–water partition coefficient (Wildman–Crippen LogP) is 1.68. The van der Waals surface area contributed by atoms with Crippen LogP contribution in [0.3, 0.4) is 0 Å². The summed E-state index contributed by atoms with van der Waals surface area (Å²) < 4.78 is 16.8. The first-order valence-electron chi connectivity index (χ1n) is 5.43. The van der Waals surface area contributed by atoms with Gasteiger partial charge in [0.15, 0.2) is 0 Å². The summed E-state index contributed by atoms with van der Waals surface area (Å²) in [5.41, 5.74) is 0. The minimum atomic E-state index is -1.06. The number of rotatable bonds is 8. The number of para-hydroxylation sites is 1. The van der Waals surface area contributed by atoms with Gasteiger partial charge in [0, 0.05) is 22.3 Å². The fraction of sp³-hybridized carbons (Fsp3) is 0.417. The first-order chi connectivity index (χ1) is 8.18. The number of hydrogen-bond acceptors (Lipinski definition) is 3. The van der Waals surface area contributed by atoms with Crippen LogP contribution in [0.25, 0.3) is 0 Å². The number of hydrogen-bond donors (Lipinski definition) is 1. The molecule has 1 N–H and O–H groups in total. The van der Waals surface area contributed by atoms with E-state index in [2.05, 4.69) is 0 Å². The van der Waals surface area contributed by atoms with E-state index in [4.69, 9.17) is 9.84 Å². The van der Waals surface area contributed by atoms with Crippen LogP contribution in [0.2, 0.25) is 0 Å². The molecule has 0 amide bonds. The molecule has 0 aliphatic carbocycles. The first kappa shape index (κ1) is 13.7. The number of carboxylic acid groups (broad SMARTS) is 1. The standard InChI is InChI=1S/C12H16O4S/c13-12(14)7-10-17(15)9-4-8-16-11-5-2-1-3-6-11/h1-3,5-6H,4,7-10H2,(H,13,14). The molecule has 0 bridgehead atoms. The lowest BCUT2D eigenvalue weighted by molar-refractivity contribution is -0.136. The van der Waals surface area contributed by atoms with Crippen LogP contribution in [0.4, 0.5) is 0 Å². The number of benzene rings is 1. The van der Waals surface area contributed by atoms with Gasteiger partial charge in [0.05, 0.1) is 13.0 Å². The Hall–Kier alpha value is -1.36. The summed E-state index contributed by atoms with van der Waals surface area (Å²) in [5.74, 6) is 0.601. The Kier molecular flexibility index (Phi) is 6.32. The normalized spacial score (nSPS) is 12.0. The molecule has 0 radical (unpaired) electrons. The van der Waals surface area contributed by atoms with Gasteiger partial charge in [-0.05, 0) is 18.6 Å². The van der Waals surface area contributed by atoms with Crippen molar-refractivity contribution in [3.63, 3.8) is 0 Å². The van der Waals surface area contributed by atoms with Gasteiger partial charge >= 0.3 is 5.97 Å². The van der Waals surface area contributed by atoms with E-state index in [0.717, 1.165) is 5.75 Å². The molecule has 0 saturated heterocycles. The molecule has 0 aliphatic heterocycles. The maximum Gasteiger partial charge on any atom is 0.304 e. The van der Waals surface area contributed by atoms with Crippen molar-refractivity contribution >= 4 is 16.8 Å². The molecule has 4 nitrogen and oxygen atoms in total. The number of ether oxygens (including phenoxy) is 1. The fourth-order valence-corrected chi connectivity index (χ4v) is 2.28. The lowest BCUT2D eigenvalue weighted by Gasteiger charge is -2.05. The molecule has 0 saturated carbocycles. The minimum Gasteiger partial charge on any atom is -0.494 e. The maximum absolute atomic E-state index is 11.4.